The van der Waals surface area contributed by atoms with Gasteiger partial charge in [0.05, 0.1) is 17.4 Å². The van der Waals surface area contributed by atoms with Crippen LogP contribution in [0.15, 0.2) is 52.1 Å². The molecule has 3 heterocycles. The molecule has 1 aliphatic carbocycles. The molecule has 0 amide bonds. The van der Waals surface area contributed by atoms with Crippen LogP contribution >= 0.6 is 0 Å². The van der Waals surface area contributed by atoms with Gasteiger partial charge in [0.15, 0.2) is 0 Å². The van der Waals surface area contributed by atoms with Gasteiger partial charge in [0, 0.05) is 37.5 Å². The average molecular weight is 497 g/mol. The number of nitrogens with zero attached hydrogens (tertiary/aromatic N) is 4. The number of carbonyl (C=O) groups excluding carboxylic acids is 1. The van der Waals surface area contributed by atoms with Gasteiger partial charge in [-0.3, -0.25) is 9.78 Å². The smallest absolute Gasteiger partial charge is 0.309 e. The third-order valence-electron chi connectivity index (χ3n) is 6.66. The monoisotopic (exact) mass is 496 g/mol. The topological polar surface area (TPSA) is 115 Å². The van der Waals surface area contributed by atoms with Crippen LogP contribution < -0.4 is 0 Å². The summed E-state index contributed by atoms with van der Waals surface area (Å²) < 4.78 is 38.4. The third-order valence-corrected chi connectivity index (χ3v) is 8.56. The molecule has 9 nitrogen and oxygen atoms in total. The maximum absolute atomic E-state index is 13.1. The predicted octanol–water partition coefficient (Wildman–Crippen LogP) is 3.20. The Kier molecular flexibility index (Phi) is 6.92. The highest BCUT2D eigenvalue weighted by Gasteiger charge is 2.33. The van der Waals surface area contributed by atoms with E-state index < -0.39 is 10.0 Å². The maximum atomic E-state index is 13.1. The van der Waals surface area contributed by atoms with Gasteiger partial charge < -0.3 is 9.26 Å². The van der Waals surface area contributed by atoms with Crippen LogP contribution in [0.2, 0.25) is 0 Å². The Bertz CT molecular complexity index is 1280. The first-order chi connectivity index (χ1) is 17.0. The van der Waals surface area contributed by atoms with E-state index in [-0.39, 0.29) is 18.5 Å². The van der Waals surface area contributed by atoms with Crippen molar-refractivity contribution in [2.45, 2.75) is 49.8 Å². The van der Waals surface area contributed by atoms with Crippen molar-refractivity contribution in [3.05, 3.63) is 59.7 Å². The minimum atomic E-state index is -3.55. The van der Waals surface area contributed by atoms with E-state index in [0.717, 1.165) is 30.4 Å². The highest BCUT2D eigenvalue weighted by molar-refractivity contribution is 7.89. The third kappa shape index (κ3) is 5.28. The Morgan fingerprint density at radius 2 is 1.97 bits per heavy atom. The van der Waals surface area contributed by atoms with Crippen molar-refractivity contribution in [3.8, 4) is 11.4 Å². The number of hydrogen-bond acceptors (Lipinski definition) is 8. The van der Waals surface area contributed by atoms with Gasteiger partial charge in [0.2, 0.25) is 21.7 Å². The molecule has 0 bridgehead atoms. The predicted molar refractivity (Wildman–Crippen MR) is 127 cm³/mol. The zero-order chi connectivity index (χ0) is 24.3. The van der Waals surface area contributed by atoms with Gasteiger partial charge in [-0.05, 0) is 73.9 Å². The standard InChI is InChI=1S/C25H28N4O5S/c30-25(33-15-3-7-23-27-24(28-34-23)21-6-2-12-26-17-21)19-10-13-29(14-11-19)35(31,32)22-9-8-18-4-1-5-20(18)16-22/h2,6,8-9,12,16-17,19H,1,3-5,7,10-11,13-15H2. The van der Waals surface area contributed by atoms with E-state index in [4.69, 9.17) is 9.26 Å². The Morgan fingerprint density at radius 3 is 2.77 bits per heavy atom. The normalized spacial score (nSPS) is 16.8. The van der Waals surface area contributed by atoms with Crippen molar-refractivity contribution in [2.75, 3.05) is 19.7 Å². The average Bonchev–Trinajstić information content (AvgIpc) is 3.56. The largest absolute Gasteiger partial charge is 0.465 e. The van der Waals surface area contributed by atoms with Gasteiger partial charge in [0.25, 0.3) is 0 Å². The minimum Gasteiger partial charge on any atom is -0.465 e. The molecule has 0 N–H and O–H groups in total. The second-order valence-electron chi connectivity index (χ2n) is 8.99. The number of sulfonamides is 1. The van der Waals surface area contributed by atoms with Crippen molar-refractivity contribution < 1.29 is 22.5 Å². The van der Waals surface area contributed by atoms with E-state index in [9.17, 15) is 13.2 Å². The van der Waals surface area contributed by atoms with Crippen molar-refractivity contribution in [3.63, 3.8) is 0 Å². The van der Waals surface area contributed by atoms with Crippen LogP contribution in [0, 0.1) is 5.92 Å². The number of esters is 1. The fourth-order valence-electron chi connectivity index (χ4n) is 4.67. The second kappa shape index (κ2) is 10.2. The summed E-state index contributed by atoms with van der Waals surface area (Å²) in [6, 6.07) is 9.13. The van der Waals surface area contributed by atoms with Gasteiger partial charge >= 0.3 is 5.97 Å². The molecule has 1 aliphatic heterocycles. The van der Waals surface area contributed by atoms with Crippen LogP contribution in [-0.2, 0) is 38.8 Å². The van der Waals surface area contributed by atoms with Gasteiger partial charge in [-0.25, -0.2) is 8.42 Å². The van der Waals surface area contributed by atoms with E-state index in [1.54, 1.807) is 24.5 Å². The number of hydrogen-bond donors (Lipinski definition) is 0. The zero-order valence-electron chi connectivity index (χ0n) is 19.4. The number of carbonyl (C=O) groups is 1. The van der Waals surface area contributed by atoms with E-state index >= 15 is 0 Å². The van der Waals surface area contributed by atoms with Gasteiger partial charge in [-0.1, -0.05) is 11.2 Å². The fraction of sp³-hybridized carbons (Fsp3) is 0.440. The fourth-order valence-corrected chi connectivity index (χ4v) is 6.19. The number of benzene rings is 1. The van der Waals surface area contributed by atoms with E-state index in [1.807, 2.05) is 18.2 Å². The number of aromatic nitrogens is 3. The lowest BCUT2D eigenvalue weighted by atomic mass is 9.98. The van der Waals surface area contributed by atoms with Crippen molar-refractivity contribution in [1.29, 1.82) is 0 Å². The molecule has 0 saturated carbocycles. The van der Waals surface area contributed by atoms with Crippen molar-refractivity contribution >= 4 is 16.0 Å². The number of rotatable bonds is 8. The summed E-state index contributed by atoms with van der Waals surface area (Å²) in [5.41, 5.74) is 3.16. The summed E-state index contributed by atoms with van der Waals surface area (Å²) in [6.45, 7) is 0.883. The zero-order valence-corrected chi connectivity index (χ0v) is 20.2. The number of pyridine rings is 1. The molecule has 10 heteroatoms. The molecule has 2 aliphatic rings. The Morgan fingerprint density at radius 1 is 1.14 bits per heavy atom. The molecule has 0 radical (unpaired) electrons. The summed E-state index contributed by atoms with van der Waals surface area (Å²) >= 11 is 0. The minimum absolute atomic E-state index is 0.247. The number of aryl methyl sites for hydroxylation is 3. The molecule has 0 spiro atoms. The summed E-state index contributed by atoms with van der Waals surface area (Å²) in [4.78, 5) is 21.2. The van der Waals surface area contributed by atoms with Gasteiger partial charge in [0.1, 0.15) is 0 Å². The Hall–Kier alpha value is -3.11. The highest BCUT2D eigenvalue weighted by Crippen LogP contribution is 2.29. The lowest BCUT2D eigenvalue weighted by Gasteiger charge is -2.30. The van der Waals surface area contributed by atoms with Gasteiger partial charge in [-0.2, -0.15) is 9.29 Å². The second-order valence-corrected chi connectivity index (χ2v) is 10.9. The molecule has 1 aromatic carbocycles. The Labute approximate surface area is 204 Å². The maximum Gasteiger partial charge on any atom is 0.309 e. The molecule has 0 unspecified atom stereocenters. The molecular weight excluding hydrogens is 468 g/mol. The van der Waals surface area contributed by atoms with Crippen LogP contribution in [0.3, 0.4) is 0 Å². The first-order valence-electron chi connectivity index (χ1n) is 12.0. The van der Waals surface area contributed by atoms with E-state index in [0.29, 0.717) is 55.4 Å². The lowest BCUT2D eigenvalue weighted by Crippen LogP contribution is -2.40. The highest BCUT2D eigenvalue weighted by atomic mass is 32.2. The van der Waals surface area contributed by atoms with Crippen LogP contribution in [0.4, 0.5) is 0 Å². The van der Waals surface area contributed by atoms with Gasteiger partial charge in [-0.15, -0.1) is 0 Å². The summed E-state index contributed by atoms with van der Waals surface area (Å²) in [5, 5.41) is 3.95. The summed E-state index contributed by atoms with van der Waals surface area (Å²) in [6.07, 6.45) is 8.35. The molecule has 1 saturated heterocycles. The van der Waals surface area contributed by atoms with Crippen molar-refractivity contribution in [2.24, 2.45) is 5.92 Å². The number of fused-ring (bicyclic) bond motifs is 1. The molecule has 0 atom stereocenters. The molecule has 2 aromatic heterocycles. The van der Waals surface area contributed by atoms with Crippen LogP contribution in [-0.4, -0.2) is 53.5 Å². The molecular formula is C25H28N4O5S. The Balaban J connectivity index is 1.06. The lowest BCUT2D eigenvalue weighted by molar-refractivity contribution is -0.149. The number of ether oxygens (including phenoxy) is 1. The molecule has 1 fully saturated rings. The molecule has 5 rings (SSSR count). The molecule has 3 aromatic rings. The van der Waals surface area contributed by atoms with Crippen LogP contribution in [0.25, 0.3) is 11.4 Å². The van der Waals surface area contributed by atoms with Crippen molar-refractivity contribution in [1.82, 2.24) is 19.4 Å². The summed E-state index contributed by atoms with van der Waals surface area (Å²) in [7, 11) is -3.55. The van der Waals surface area contributed by atoms with E-state index in [1.165, 1.54) is 9.87 Å². The van der Waals surface area contributed by atoms with Crippen LogP contribution in [0.1, 0.15) is 42.7 Å². The van der Waals surface area contributed by atoms with E-state index in [2.05, 4.69) is 15.1 Å². The first kappa shape index (κ1) is 23.6. The SMILES string of the molecule is O=C(OCCCc1nc(-c2cccnc2)no1)C1CCN(S(=O)(=O)c2ccc3c(c2)CCC3)CC1. The quantitative estimate of drug-likeness (QED) is 0.345. The van der Waals surface area contributed by atoms with Crippen LogP contribution in [0.5, 0.6) is 0 Å². The number of piperidine rings is 1. The first-order valence-corrected chi connectivity index (χ1v) is 13.5. The molecule has 35 heavy (non-hydrogen) atoms. The summed E-state index contributed by atoms with van der Waals surface area (Å²) in [5.74, 6) is 0.389. The molecule has 184 valence electrons.